The van der Waals surface area contributed by atoms with Crippen LogP contribution in [0.15, 0.2) is 0 Å². The summed E-state index contributed by atoms with van der Waals surface area (Å²) in [5, 5.41) is 0. The molecule has 2 N–H and O–H groups in total. The smallest absolute Gasteiger partial charge is 0.282 e. The van der Waals surface area contributed by atoms with Crippen LogP contribution >= 0.6 is 0 Å². The van der Waals surface area contributed by atoms with E-state index in [-0.39, 0.29) is 6.54 Å². The van der Waals surface area contributed by atoms with Gasteiger partial charge in [-0.2, -0.15) is 17.0 Å². The molecule has 1 aliphatic rings. The minimum Gasteiger partial charge on any atom is -0.330 e. The van der Waals surface area contributed by atoms with Crippen molar-refractivity contribution in [2.45, 2.75) is 19.8 Å². The van der Waals surface area contributed by atoms with Crippen molar-refractivity contribution in [1.29, 1.82) is 0 Å². The van der Waals surface area contributed by atoms with E-state index in [9.17, 15) is 8.42 Å². The van der Waals surface area contributed by atoms with E-state index in [4.69, 9.17) is 12.2 Å². The summed E-state index contributed by atoms with van der Waals surface area (Å²) < 4.78 is 27.3. The summed E-state index contributed by atoms with van der Waals surface area (Å²) in [7, 11) is -3.38. The predicted molar refractivity (Wildman–Crippen MR) is 68.4 cm³/mol. The lowest BCUT2D eigenvalue weighted by Gasteiger charge is -2.33. The highest BCUT2D eigenvalue weighted by Gasteiger charge is 2.31. The van der Waals surface area contributed by atoms with Crippen LogP contribution < -0.4 is 5.73 Å². The van der Waals surface area contributed by atoms with E-state index >= 15 is 0 Å². The van der Waals surface area contributed by atoms with Crippen LogP contribution in [0, 0.1) is 18.3 Å². The molecule has 0 spiro atoms. The molecule has 6 heteroatoms. The van der Waals surface area contributed by atoms with Crippen molar-refractivity contribution in [3.8, 4) is 12.3 Å². The SMILES string of the molecule is C#CCN(CC)S(=O)(=O)N1CCC(CN)CC1. The topological polar surface area (TPSA) is 66.6 Å². The van der Waals surface area contributed by atoms with Crippen molar-refractivity contribution in [3.63, 3.8) is 0 Å². The second-order valence-electron chi connectivity index (χ2n) is 4.22. The van der Waals surface area contributed by atoms with Crippen molar-refractivity contribution >= 4 is 10.2 Å². The maximum Gasteiger partial charge on any atom is 0.282 e. The Morgan fingerprint density at radius 3 is 2.47 bits per heavy atom. The number of nitrogens with zero attached hydrogens (tertiary/aromatic N) is 2. The fraction of sp³-hybridized carbons (Fsp3) is 0.818. The monoisotopic (exact) mass is 259 g/mol. The van der Waals surface area contributed by atoms with Crippen LogP contribution in [-0.2, 0) is 10.2 Å². The molecule has 1 fully saturated rings. The van der Waals surface area contributed by atoms with Gasteiger partial charge in [-0.05, 0) is 25.3 Å². The third-order valence-corrected chi connectivity index (χ3v) is 5.24. The molecule has 1 aliphatic heterocycles. The Kier molecular flexibility index (Phi) is 5.40. The highest BCUT2D eigenvalue weighted by molar-refractivity contribution is 7.86. The van der Waals surface area contributed by atoms with E-state index < -0.39 is 10.2 Å². The van der Waals surface area contributed by atoms with Gasteiger partial charge in [0.25, 0.3) is 10.2 Å². The molecule has 0 saturated carbocycles. The summed E-state index contributed by atoms with van der Waals surface area (Å²) in [5.74, 6) is 2.83. The number of rotatable bonds is 5. The van der Waals surface area contributed by atoms with Crippen molar-refractivity contribution in [3.05, 3.63) is 0 Å². The second-order valence-corrected chi connectivity index (χ2v) is 6.14. The molecule has 0 radical (unpaired) electrons. The van der Waals surface area contributed by atoms with Gasteiger partial charge in [-0.15, -0.1) is 6.42 Å². The standard InChI is InChI=1S/C11H21N3O2S/c1-3-7-13(4-2)17(15,16)14-8-5-11(10-12)6-9-14/h1,11H,4-10,12H2,2H3. The Balaban J connectivity index is 2.68. The molecule has 1 rings (SSSR count). The van der Waals surface area contributed by atoms with Gasteiger partial charge >= 0.3 is 0 Å². The zero-order valence-electron chi connectivity index (χ0n) is 10.3. The summed E-state index contributed by atoms with van der Waals surface area (Å²) in [6, 6.07) is 0. The molecule has 0 atom stereocenters. The Morgan fingerprint density at radius 2 is 2.06 bits per heavy atom. The third kappa shape index (κ3) is 3.42. The van der Waals surface area contributed by atoms with E-state index in [0.29, 0.717) is 32.1 Å². The zero-order valence-corrected chi connectivity index (χ0v) is 11.1. The van der Waals surface area contributed by atoms with Gasteiger partial charge in [0, 0.05) is 19.6 Å². The normalized spacial score (nSPS) is 19.4. The summed E-state index contributed by atoms with van der Waals surface area (Å²) in [4.78, 5) is 0. The Bertz CT molecular complexity index is 367. The Hall–Kier alpha value is -0.610. The molecule has 17 heavy (non-hydrogen) atoms. The number of nitrogens with two attached hydrogens (primary N) is 1. The molecule has 0 unspecified atom stereocenters. The van der Waals surface area contributed by atoms with Crippen molar-refractivity contribution in [2.75, 3.05) is 32.7 Å². The molecule has 0 bridgehead atoms. The molecule has 0 amide bonds. The molecule has 0 aromatic rings. The van der Waals surface area contributed by atoms with Gasteiger partial charge in [0.05, 0.1) is 6.54 Å². The summed E-state index contributed by atoms with van der Waals surface area (Å²) >= 11 is 0. The first-order chi connectivity index (χ1) is 8.06. The van der Waals surface area contributed by atoms with Crippen molar-refractivity contribution in [2.24, 2.45) is 11.7 Å². The first-order valence-corrected chi connectivity index (χ1v) is 7.34. The van der Waals surface area contributed by atoms with Crippen molar-refractivity contribution < 1.29 is 8.42 Å². The maximum atomic E-state index is 12.2. The largest absolute Gasteiger partial charge is 0.330 e. The first-order valence-electron chi connectivity index (χ1n) is 5.95. The van der Waals surface area contributed by atoms with Crippen LogP contribution in [0.25, 0.3) is 0 Å². The van der Waals surface area contributed by atoms with Crippen LogP contribution in [0.4, 0.5) is 0 Å². The molecule has 98 valence electrons. The van der Waals surface area contributed by atoms with Gasteiger partial charge < -0.3 is 5.73 Å². The summed E-state index contributed by atoms with van der Waals surface area (Å²) in [6.07, 6.45) is 6.86. The van der Waals surface area contributed by atoms with Gasteiger partial charge in [-0.1, -0.05) is 12.8 Å². The van der Waals surface area contributed by atoms with E-state index in [0.717, 1.165) is 12.8 Å². The molecule has 0 aliphatic carbocycles. The number of hydrogen-bond acceptors (Lipinski definition) is 3. The maximum absolute atomic E-state index is 12.2. The van der Waals surface area contributed by atoms with Crippen LogP contribution in [0.2, 0.25) is 0 Å². The third-order valence-electron chi connectivity index (χ3n) is 3.18. The van der Waals surface area contributed by atoms with Crippen LogP contribution in [0.3, 0.4) is 0 Å². The van der Waals surface area contributed by atoms with Crippen LogP contribution in [0.5, 0.6) is 0 Å². The number of piperidine rings is 1. The minimum absolute atomic E-state index is 0.135. The Morgan fingerprint density at radius 1 is 1.47 bits per heavy atom. The van der Waals surface area contributed by atoms with Gasteiger partial charge in [-0.25, -0.2) is 0 Å². The quantitative estimate of drug-likeness (QED) is 0.699. The van der Waals surface area contributed by atoms with Gasteiger partial charge in [0.15, 0.2) is 0 Å². The highest BCUT2D eigenvalue weighted by Crippen LogP contribution is 2.20. The average Bonchev–Trinajstić information content (AvgIpc) is 2.35. The first kappa shape index (κ1) is 14.5. The van der Waals surface area contributed by atoms with Crippen LogP contribution in [-0.4, -0.2) is 49.8 Å². The van der Waals surface area contributed by atoms with Gasteiger partial charge in [-0.3, -0.25) is 0 Å². The zero-order chi connectivity index (χ0) is 12.9. The highest BCUT2D eigenvalue weighted by atomic mass is 32.2. The number of hydrogen-bond donors (Lipinski definition) is 1. The lowest BCUT2D eigenvalue weighted by atomic mass is 9.99. The Labute approximate surface area is 104 Å². The molecule has 1 saturated heterocycles. The summed E-state index contributed by atoms with van der Waals surface area (Å²) in [5.41, 5.74) is 5.59. The second kappa shape index (κ2) is 6.36. The molecule has 5 nitrogen and oxygen atoms in total. The molecular weight excluding hydrogens is 238 g/mol. The lowest BCUT2D eigenvalue weighted by molar-refractivity contribution is 0.262. The van der Waals surface area contributed by atoms with E-state index in [1.165, 1.54) is 8.61 Å². The van der Waals surface area contributed by atoms with Crippen LogP contribution in [0.1, 0.15) is 19.8 Å². The molecule has 0 aromatic heterocycles. The predicted octanol–water partition coefficient (Wildman–Crippen LogP) is -0.143. The van der Waals surface area contributed by atoms with Gasteiger partial charge in [0.2, 0.25) is 0 Å². The van der Waals surface area contributed by atoms with E-state index in [2.05, 4.69) is 5.92 Å². The lowest BCUT2D eigenvalue weighted by Crippen LogP contribution is -2.47. The van der Waals surface area contributed by atoms with E-state index in [1.807, 2.05) is 0 Å². The average molecular weight is 259 g/mol. The van der Waals surface area contributed by atoms with Crippen molar-refractivity contribution in [1.82, 2.24) is 8.61 Å². The molecule has 1 heterocycles. The minimum atomic E-state index is -3.38. The fourth-order valence-electron chi connectivity index (χ4n) is 2.00. The summed E-state index contributed by atoms with van der Waals surface area (Å²) in [6.45, 7) is 4.06. The molecular formula is C11H21N3O2S. The fourth-order valence-corrected chi connectivity index (χ4v) is 3.56. The number of terminal acetylenes is 1. The van der Waals surface area contributed by atoms with E-state index in [1.54, 1.807) is 6.92 Å². The van der Waals surface area contributed by atoms with Gasteiger partial charge in [0.1, 0.15) is 0 Å². The molecule has 0 aromatic carbocycles.